The number of hydrogen-bond donors (Lipinski definition) is 1. The summed E-state index contributed by atoms with van der Waals surface area (Å²) in [5, 5.41) is 3.95. The Labute approximate surface area is 124 Å². The zero-order chi connectivity index (χ0) is 15.0. The highest BCUT2D eigenvalue weighted by Crippen LogP contribution is 2.47. The molecular formula is C16H20N2O3. The molecule has 0 spiro atoms. The second kappa shape index (κ2) is 5.31. The summed E-state index contributed by atoms with van der Waals surface area (Å²) in [6, 6.07) is 5.73. The van der Waals surface area contributed by atoms with Crippen LogP contribution in [0.25, 0.3) is 11.1 Å². The van der Waals surface area contributed by atoms with Gasteiger partial charge in [-0.2, -0.15) is 0 Å². The molecule has 0 bridgehead atoms. The van der Waals surface area contributed by atoms with E-state index in [0.717, 1.165) is 16.9 Å². The van der Waals surface area contributed by atoms with E-state index < -0.39 is 0 Å². The first kappa shape index (κ1) is 13.8. The maximum Gasteiger partial charge on any atom is 0.175 e. The molecule has 112 valence electrons. The molecular weight excluding hydrogens is 268 g/mol. The quantitative estimate of drug-likeness (QED) is 0.912. The number of rotatable bonds is 5. The van der Waals surface area contributed by atoms with E-state index in [1.54, 1.807) is 14.2 Å². The van der Waals surface area contributed by atoms with Crippen LogP contribution in [0, 0.1) is 5.92 Å². The molecule has 2 N–H and O–H groups in total. The normalized spacial score (nSPS) is 15.8. The third-order valence-corrected chi connectivity index (χ3v) is 4.16. The van der Waals surface area contributed by atoms with Crippen molar-refractivity contribution in [3.05, 3.63) is 24.0 Å². The van der Waals surface area contributed by atoms with Crippen molar-refractivity contribution in [2.75, 3.05) is 20.0 Å². The Hall–Kier alpha value is -2.17. The minimum absolute atomic E-state index is 0.331. The highest BCUT2D eigenvalue weighted by molar-refractivity contribution is 5.77. The molecule has 0 saturated heterocycles. The summed E-state index contributed by atoms with van der Waals surface area (Å²) in [4.78, 5) is 0. The SMILES string of the molecule is COc1ccc(-c2c(N)noc2C(C)C2CC2)cc1OC. The number of nitrogens with zero attached hydrogens (tertiary/aromatic N) is 1. The molecule has 3 rings (SSSR count). The topological polar surface area (TPSA) is 70.5 Å². The molecule has 1 aliphatic carbocycles. The molecule has 1 aromatic heterocycles. The summed E-state index contributed by atoms with van der Waals surface area (Å²) in [6.07, 6.45) is 2.49. The zero-order valence-electron chi connectivity index (χ0n) is 12.6. The summed E-state index contributed by atoms with van der Waals surface area (Å²) >= 11 is 0. The van der Waals surface area contributed by atoms with Crippen LogP contribution in [0.1, 0.15) is 31.4 Å². The number of methoxy groups -OCH3 is 2. The van der Waals surface area contributed by atoms with Crippen molar-refractivity contribution in [3.8, 4) is 22.6 Å². The molecule has 21 heavy (non-hydrogen) atoms. The van der Waals surface area contributed by atoms with E-state index in [1.165, 1.54) is 12.8 Å². The molecule has 1 fully saturated rings. The molecule has 1 heterocycles. The van der Waals surface area contributed by atoms with E-state index >= 15 is 0 Å². The number of nitrogens with two attached hydrogens (primary N) is 1. The summed E-state index contributed by atoms with van der Waals surface area (Å²) in [6.45, 7) is 2.17. The van der Waals surface area contributed by atoms with Crippen LogP contribution < -0.4 is 15.2 Å². The average molecular weight is 288 g/mol. The Bertz CT molecular complexity index is 647. The summed E-state index contributed by atoms with van der Waals surface area (Å²) in [5.41, 5.74) is 7.83. The highest BCUT2D eigenvalue weighted by Gasteiger charge is 2.34. The van der Waals surface area contributed by atoms with Crippen molar-refractivity contribution < 1.29 is 14.0 Å². The first-order valence-corrected chi connectivity index (χ1v) is 7.13. The monoisotopic (exact) mass is 288 g/mol. The summed E-state index contributed by atoms with van der Waals surface area (Å²) in [5.74, 6) is 3.65. The minimum Gasteiger partial charge on any atom is -0.493 e. The van der Waals surface area contributed by atoms with Crippen molar-refractivity contribution in [2.45, 2.75) is 25.7 Å². The average Bonchev–Trinajstić information content (AvgIpc) is 3.28. The lowest BCUT2D eigenvalue weighted by atomic mass is 9.95. The number of nitrogen functional groups attached to an aromatic ring is 1. The van der Waals surface area contributed by atoms with Gasteiger partial charge in [-0.15, -0.1) is 0 Å². The predicted octanol–water partition coefficient (Wildman–Crippen LogP) is 3.45. The fraction of sp³-hybridized carbons (Fsp3) is 0.438. The van der Waals surface area contributed by atoms with Gasteiger partial charge in [0.1, 0.15) is 5.76 Å². The van der Waals surface area contributed by atoms with E-state index in [1.807, 2.05) is 18.2 Å². The van der Waals surface area contributed by atoms with Crippen LogP contribution in [-0.2, 0) is 0 Å². The van der Waals surface area contributed by atoms with Gasteiger partial charge in [0, 0.05) is 5.92 Å². The van der Waals surface area contributed by atoms with Gasteiger partial charge in [0.15, 0.2) is 17.3 Å². The fourth-order valence-corrected chi connectivity index (χ4v) is 2.72. The number of aromatic nitrogens is 1. The van der Waals surface area contributed by atoms with Gasteiger partial charge in [0.05, 0.1) is 19.8 Å². The number of benzene rings is 1. The van der Waals surface area contributed by atoms with Crippen molar-refractivity contribution >= 4 is 5.82 Å². The van der Waals surface area contributed by atoms with E-state index in [9.17, 15) is 0 Å². The van der Waals surface area contributed by atoms with Crippen LogP contribution in [0.4, 0.5) is 5.82 Å². The van der Waals surface area contributed by atoms with E-state index in [0.29, 0.717) is 29.2 Å². The van der Waals surface area contributed by atoms with Crippen LogP contribution in [-0.4, -0.2) is 19.4 Å². The van der Waals surface area contributed by atoms with Crippen LogP contribution in [0.5, 0.6) is 11.5 Å². The molecule has 0 radical (unpaired) electrons. The lowest BCUT2D eigenvalue weighted by Gasteiger charge is -2.12. The van der Waals surface area contributed by atoms with Gasteiger partial charge in [-0.05, 0) is 36.5 Å². The second-order valence-corrected chi connectivity index (χ2v) is 5.50. The molecule has 1 aliphatic rings. The highest BCUT2D eigenvalue weighted by atomic mass is 16.5. The third-order valence-electron chi connectivity index (χ3n) is 4.16. The first-order valence-electron chi connectivity index (χ1n) is 7.13. The molecule has 0 aliphatic heterocycles. The predicted molar refractivity (Wildman–Crippen MR) is 80.6 cm³/mol. The van der Waals surface area contributed by atoms with Gasteiger partial charge in [-0.1, -0.05) is 18.1 Å². The van der Waals surface area contributed by atoms with Gasteiger partial charge in [-0.25, -0.2) is 0 Å². The molecule has 5 nitrogen and oxygen atoms in total. The molecule has 2 aromatic rings. The summed E-state index contributed by atoms with van der Waals surface area (Å²) < 4.78 is 16.1. The second-order valence-electron chi connectivity index (χ2n) is 5.50. The van der Waals surface area contributed by atoms with Crippen LogP contribution in [0.15, 0.2) is 22.7 Å². The van der Waals surface area contributed by atoms with Crippen molar-refractivity contribution in [1.29, 1.82) is 0 Å². The Kier molecular flexibility index (Phi) is 3.49. The van der Waals surface area contributed by atoms with Gasteiger partial charge < -0.3 is 19.7 Å². The van der Waals surface area contributed by atoms with Crippen molar-refractivity contribution in [3.63, 3.8) is 0 Å². The molecule has 0 amide bonds. The van der Waals surface area contributed by atoms with E-state index in [2.05, 4.69) is 12.1 Å². The molecule has 1 aromatic carbocycles. The van der Waals surface area contributed by atoms with Crippen molar-refractivity contribution in [1.82, 2.24) is 5.16 Å². The van der Waals surface area contributed by atoms with Gasteiger partial charge in [0.2, 0.25) is 0 Å². The van der Waals surface area contributed by atoms with Gasteiger partial charge in [-0.3, -0.25) is 0 Å². The first-order chi connectivity index (χ1) is 10.2. The van der Waals surface area contributed by atoms with Crippen LogP contribution in [0.2, 0.25) is 0 Å². The molecule has 1 atom stereocenters. The van der Waals surface area contributed by atoms with Crippen LogP contribution >= 0.6 is 0 Å². The number of hydrogen-bond acceptors (Lipinski definition) is 5. The smallest absolute Gasteiger partial charge is 0.175 e. The standard InChI is InChI=1S/C16H20N2O3/c1-9(10-4-5-10)15-14(16(17)18-21-15)11-6-7-12(19-2)13(8-11)20-3/h6-10H,4-5H2,1-3H3,(H2,17,18). The Morgan fingerprint density at radius 1 is 1.24 bits per heavy atom. The largest absolute Gasteiger partial charge is 0.493 e. The maximum atomic E-state index is 6.02. The molecule has 1 unspecified atom stereocenters. The lowest BCUT2D eigenvalue weighted by Crippen LogP contribution is -1.98. The Morgan fingerprint density at radius 2 is 1.95 bits per heavy atom. The van der Waals surface area contributed by atoms with E-state index in [-0.39, 0.29) is 0 Å². The maximum absolute atomic E-state index is 6.02. The van der Waals surface area contributed by atoms with Crippen molar-refractivity contribution in [2.24, 2.45) is 5.92 Å². The summed E-state index contributed by atoms with van der Waals surface area (Å²) in [7, 11) is 3.23. The fourth-order valence-electron chi connectivity index (χ4n) is 2.72. The Morgan fingerprint density at radius 3 is 2.57 bits per heavy atom. The lowest BCUT2D eigenvalue weighted by molar-refractivity contribution is 0.354. The van der Waals surface area contributed by atoms with Gasteiger partial charge >= 0.3 is 0 Å². The van der Waals surface area contributed by atoms with Crippen LogP contribution in [0.3, 0.4) is 0 Å². The number of ether oxygens (including phenoxy) is 2. The third kappa shape index (κ3) is 2.44. The van der Waals surface area contributed by atoms with Gasteiger partial charge in [0.25, 0.3) is 0 Å². The molecule has 1 saturated carbocycles. The Balaban J connectivity index is 2.05. The van der Waals surface area contributed by atoms with E-state index in [4.69, 9.17) is 19.7 Å². The molecule has 5 heteroatoms. The zero-order valence-corrected chi connectivity index (χ0v) is 12.6. The minimum atomic E-state index is 0.331. The number of anilines is 1.